The normalized spacial score (nSPS) is 12.1. The highest BCUT2D eigenvalue weighted by Gasteiger charge is 2.09. The Kier molecular flexibility index (Phi) is 3.87. The number of hydrogen-bond donors (Lipinski definition) is 4. The van der Waals surface area contributed by atoms with Crippen LogP contribution < -0.4 is 16.6 Å². The Morgan fingerprint density at radius 2 is 2.44 bits per heavy atom. The summed E-state index contributed by atoms with van der Waals surface area (Å²) in [6.45, 7) is 2.18. The summed E-state index contributed by atoms with van der Waals surface area (Å²) in [6, 6.07) is 0. The number of anilines is 2. The number of aliphatic carboxylic acids is 1. The van der Waals surface area contributed by atoms with E-state index in [0.717, 1.165) is 0 Å². The van der Waals surface area contributed by atoms with Crippen molar-refractivity contribution in [2.45, 2.75) is 13.3 Å². The molecule has 16 heavy (non-hydrogen) atoms. The minimum Gasteiger partial charge on any atom is -0.481 e. The van der Waals surface area contributed by atoms with Crippen molar-refractivity contribution in [3.05, 3.63) is 16.7 Å². The lowest BCUT2D eigenvalue weighted by Gasteiger charge is -2.11. The molecule has 0 aromatic carbocycles. The van der Waals surface area contributed by atoms with E-state index in [1.807, 2.05) is 0 Å². The highest BCUT2D eigenvalue weighted by Crippen LogP contribution is 2.09. The molecular formula is C9H14N4O3. The summed E-state index contributed by atoms with van der Waals surface area (Å²) in [7, 11) is 0. The number of aromatic nitrogens is 2. The predicted octanol–water partition coefficient (Wildman–Crippen LogP) is -0.125. The minimum atomic E-state index is -0.860. The van der Waals surface area contributed by atoms with E-state index in [2.05, 4.69) is 15.3 Å². The zero-order valence-corrected chi connectivity index (χ0v) is 8.86. The summed E-state index contributed by atoms with van der Waals surface area (Å²) in [5.41, 5.74) is 5.08. The quantitative estimate of drug-likeness (QED) is 0.555. The average Bonchev–Trinajstić information content (AvgIpc) is 2.19. The SMILES string of the molecule is CC(CNc1nc[nH]c(=O)c1N)CC(=O)O. The van der Waals surface area contributed by atoms with Gasteiger partial charge in [0.25, 0.3) is 5.56 Å². The van der Waals surface area contributed by atoms with E-state index < -0.39 is 11.5 Å². The molecule has 1 aromatic heterocycles. The molecule has 1 rings (SSSR count). The van der Waals surface area contributed by atoms with Gasteiger partial charge in [0.2, 0.25) is 0 Å². The van der Waals surface area contributed by atoms with Crippen molar-refractivity contribution in [3.8, 4) is 0 Å². The van der Waals surface area contributed by atoms with Gasteiger partial charge in [0.05, 0.1) is 6.33 Å². The summed E-state index contributed by atoms with van der Waals surface area (Å²) in [5.74, 6) is -0.653. The molecule has 0 spiro atoms. The number of carboxylic acids is 1. The number of H-pyrrole nitrogens is 1. The van der Waals surface area contributed by atoms with Crippen molar-refractivity contribution >= 4 is 17.5 Å². The Hall–Kier alpha value is -2.05. The fourth-order valence-electron chi connectivity index (χ4n) is 1.19. The number of nitrogens with two attached hydrogens (primary N) is 1. The van der Waals surface area contributed by atoms with Crippen LogP contribution in [0.1, 0.15) is 13.3 Å². The van der Waals surface area contributed by atoms with Gasteiger partial charge < -0.3 is 21.1 Å². The van der Waals surface area contributed by atoms with Crippen molar-refractivity contribution in [1.29, 1.82) is 0 Å². The molecule has 7 heteroatoms. The zero-order chi connectivity index (χ0) is 12.1. The van der Waals surface area contributed by atoms with Gasteiger partial charge >= 0.3 is 5.97 Å². The molecule has 0 amide bonds. The minimum absolute atomic E-state index is 0.00465. The van der Waals surface area contributed by atoms with E-state index >= 15 is 0 Å². The van der Waals surface area contributed by atoms with Crippen molar-refractivity contribution in [1.82, 2.24) is 9.97 Å². The number of nitrogen functional groups attached to an aromatic ring is 1. The number of aromatic amines is 1. The molecule has 0 aliphatic heterocycles. The number of carboxylic acid groups (broad SMARTS) is 1. The number of rotatable bonds is 5. The zero-order valence-electron chi connectivity index (χ0n) is 8.86. The maximum absolute atomic E-state index is 11.1. The lowest BCUT2D eigenvalue weighted by atomic mass is 10.1. The number of nitrogens with zero attached hydrogens (tertiary/aromatic N) is 1. The van der Waals surface area contributed by atoms with Gasteiger partial charge in [0, 0.05) is 13.0 Å². The van der Waals surface area contributed by atoms with E-state index in [1.54, 1.807) is 6.92 Å². The second-order valence-corrected chi connectivity index (χ2v) is 3.58. The van der Waals surface area contributed by atoms with Gasteiger partial charge in [0.15, 0.2) is 5.82 Å². The van der Waals surface area contributed by atoms with Crippen molar-refractivity contribution < 1.29 is 9.90 Å². The summed E-state index contributed by atoms with van der Waals surface area (Å²) in [5, 5.41) is 11.4. The first-order valence-corrected chi connectivity index (χ1v) is 4.79. The first kappa shape index (κ1) is 12.0. The third-order valence-electron chi connectivity index (χ3n) is 2.03. The van der Waals surface area contributed by atoms with E-state index in [1.165, 1.54) is 6.33 Å². The van der Waals surface area contributed by atoms with Gasteiger partial charge in [0.1, 0.15) is 5.69 Å². The van der Waals surface area contributed by atoms with Crippen molar-refractivity contribution in [2.24, 2.45) is 5.92 Å². The first-order valence-electron chi connectivity index (χ1n) is 4.79. The molecule has 1 atom stereocenters. The van der Waals surface area contributed by atoms with Gasteiger partial charge in [-0.05, 0) is 5.92 Å². The van der Waals surface area contributed by atoms with Crippen LogP contribution in [0.5, 0.6) is 0 Å². The summed E-state index contributed by atoms with van der Waals surface area (Å²) < 4.78 is 0. The maximum atomic E-state index is 11.1. The Morgan fingerprint density at radius 1 is 1.75 bits per heavy atom. The van der Waals surface area contributed by atoms with Crippen LogP contribution in [0, 0.1) is 5.92 Å². The van der Waals surface area contributed by atoms with Gasteiger partial charge in [-0.15, -0.1) is 0 Å². The molecule has 0 aliphatic carbocycles. The van der Waals surface area contributed by atoms with E-state index in [0.29, 0.717) is 6.54 Å². The summed E-state index contributed by atoms with van der Waals surface area (Å²) in [4.78, 5) is 27.7. The van der Waals surface area contributed by atoms with Crippen LogP contribution in [-0.2, 0) is 4.79 Å². The van der Waals surface area contributed by atoms with Crippen LogP contribution in [-0.4, -0.2) is 27.6 Å². The van der Waals surface area contributed by atoms with E-state index in [9.17, 15) is 9.59 Å². The third-order valence-corrected chi connectivity index (χ3v) is 2.03. The monoisotopic (exact) mass is 226 g/mol. The van der Waals surface area contributed by atoms with Crippen molar-refractivity contribution in [3.63, 3.8) is 0 Å². The molecule has 88 valence electrons. The molecule has 1 heterocycles. The van der Waals surface area contributed by atoms with Crippen LogP contribution in [0.15, 0.2) is 11.1 Å². The third kappa shape index (κ3) is 3.26. The highest BCUT2D eigenvalue weighted by molar-refractivity contribution is 5.67. The molecule has 0 radical (unpaired) electrons. The fourth-order valence-corrected chi connectivity index (χ4v) is 1.19. The second kappa shape index (κ2) is 5.15. The molecule has 0 saturated heterocycles. The van der Waals surface area contributed by atoms with Crippen molar-refractivity contribution in [2.75, 3.05) is 17.6 Å². The molecule has 0 fully saturated rings. The lowest BCUT2D eigenvalue weighted by Crippen LogP contribution is -2.20. The highest BCUT2D eigenvalue weighted by atomic mass is 16.4. The fraction of sp³-hybridized carbons (Fsp3) is 0.444. The molecule has 0 aliphatic rings. The van der Waals surface area contributed by atoms with E-state index in [4.69, 9.17) is 10.8 Å². The number of carbonyl (C=O) groups is 1. The summed E-state index contributed by atoms with van der Waals surface area (Å²) >= 11 is 0. The van der Waals surface area contributed by atoms with Gasteiger partial charge in [-0.1, -0.05) is 6.92 Å². The molecule has 0 bridgehead atoms. The molecule has 1 unspecified atom stereocenters. The second-order valence-electron chi connectivity index (χ2n) is 3.58. The van der Waals surface area contributed by atoms with Crippen LogP contribution in [0.3, 0.4) is 0 Å². The molecule has 0 saturated carbocycles. The summed E-state index contributed by atoms with van der Waals surface area (Å²) in [6.07, 6.45) is 1.29. The van der Waals surface area contributed by atoms with E-state index in [-0.39, 0.29) is 23.8 Å². The van der Waals surface area contributed by atoms with Gasteiger partial charge in [-0.2, -0.15) is 0 Å². The maximum Gasteiger partial charge on any atom is 0.303 e. The number of nitrogens with one attached hydrogen (secondary N) is 2. The molecule has 5 N–H and O–H groups in total. The van der Waals surface area contributed by atoms with Crippen LogP contribution in [0.4, 0.5) is 11.5 Å². The Morgan fingerprint density at radius 3 is 3.06 bits per heavy atom. The Labute approximate surface area is 91.7 Å². The van der Waals surface area contributed by atoms with Gasteiger partial charge in [-0.3, -0.25) is 9.59 Å². The largest absolute Gasteiger partial charge is 0.481 e. The van der Waals surface area contributed by atoms with Crippen LogP contribution in [0.2, 0.25) is 0 Å². The lowest BCUT2D eigenvalue weighted by molar-refractivity contribution is -0.137. The van der Waals surface area contributed by atoms with Crippen LogP contribution >= 0.6 is 0 Å². The molecule has 1 aromatic rings. The average molecular weight is 226 g/mol. The predicted molar refractivity (Wildman–Crippen MR) is 59.2 cm³/mol. The topological polar surface area (TPSA) is 121 Å². The Bertz CT molecular complexity index is 429. The standard InChI is InChI=1S/C9H14N4O3/c1-5(2-6(14)15)3-11-8-7(10)9(16)13-4-12-8/h4-5H,2-3,10H2,1H3,(H,14,15)(H2,11,12,13,16). The Balaban J connectivity index is 2.58. The van der Waals surface area contributed by atoms with Gasteiger partial charge in [-0.25, -0.2) is 4.98 Å². The first-order chi connectivity index (χ1) is 7.50. The van der Waals surface area contributed by atoms with Crippen LogP contribution in [0.25, 0.3) is 0 Å². The molecule has 7 nitrogen and oxygen atoms in total. The smallest absolute Gasteiger partial charge is 0.303 e. The molecular weight excluding hydrogens is 212 g/mol. The number of hydrogen-bond acceptors (Lipinski definition) is 5.